The molecule has 2 aromatic rings. The molecule has 2 aliphatic rings. The normalized spacial score (nSPS) is 17.8. The van der Waals surface area contributed by atoms with Crippen LogP contribution in [0.3, 0.4) is 0 Å². The van der Waals surface area contributed by atoms with Crippen molar-refractivity contribution in [1.82, 2.24) is 9.80 Å². The molecule has 5 heteroatoms. The van der Waals surface area contributed by atoms with Gasteiger partial charge in [-0.1, -0.05) is 30.3 Å². The number of nitrogens with zero attached hydrogens (tertiary/aromatic N) is 4. The maximum atomic E-state index is 13.0. The largest absolute Gasteiger partial charge is 0.368 e. The highest BCUT2D eigenvalue weighted by atomic mass is 16.2. The number of carbonyl (C=O) groups excluding carboxylic acids is 1. The molecule has 5 nitrogen and oxygen atoms in total. The lowest BCUT2D eigenvalue weighted by molar-refractivity contribution is 0.147. The second-order valence-corrected chi connectivity index (χ2v) is 7.79. The lowest BCUT2D eigenvalue weighted by Gasteiger charge is -2.42. The van der Waals surface area contributed by atoms with Crippen molar-refractivity contribution in [3.8, 4) is 0 Å². The molecule has 2 saturated heterocycles. The van der Waals surface area contributed by atoms with Gasteiger partial charge in [0.2, 0.25) is 0 Å². The van der Waals surface area contributed by atoms with Gasteiger partial charge in [-0.25, -0.2) is 4.79 Å². The molecule has 2 aromatic carbocycles. The maximum absolute atomic E-state index is 13.0. The van der Waals surface area contributed by atoms with Gasteiger partial charge in [0.15, 0.2) is 0 Å². The summed E-state index contributed by atoms with van der Waals surface area (Å²) in [5, 5.41) is 0. The van der Waals surface area contributed by atoms with Gasteiger partial charge in [-0.05, 0) is 43.2 Å². The Morgan fingerprint density at radius 3 is 1.86 bits per heavy atom. The molecular formula is C23H30N4O. The minimum absolute atomic E-state index is 0.202. The first-order chi connectivity index (χ1) is 13.6. The molecule has 0 unspecified atom stereocenters. The van der Waals surface area contributed by atoms with Crippen molar-refractivity contribution in [1.29, 1.82) is 0 Å². The number of urea groups is 1. The van der Waals surface area contributed by atoms with Crippen molar-refractivity contribution in [3.63, 3.8) is 0 Å². The highest BCUT2D eigenvalue weighted by Crippen LogP contribution is 2.24. The van der Waals surface area contributed by atoms with E-state index in [0.29, 0.717) is 0 Å². The fourth-order valence-electron chi connectivity index (χ4n) is 4.21. The van der Waals surface area contributed by atoms with Gasteiger partial charge in [0, 0.05) is 63.7 Å². The molecule has 28 heavy (non-hydrogen) atoms. The summed E-state index contributed by atoms with van der Waals surface area (Å²) < 4.78 is 0. The van der Waals surface area contributed by atoms with Gasteiger partial charge >= 0.3 is 6.03 Å². The van der Waals surface area contributed by atoms with Crippen molar-refractivity contribution in [2.75, 3.05) is 62.2 Å². The first-order valence-corrected chi connectivity index (χ1v) is 10.3. The van der Waals surface area contributed by atoms with Gasteiger partial charge in [-0.15, -0.1) is 0 Å². The monoisotopic (exact) mass is 378 g/mol. The molecule has 0 atom stereocenters. The van der Waals surface area contributed by atoms with Crippen LogP contribution in [-0.4, -0.2) is 68.2 Å². The summed E-state index contributed by atoms with van der Waals surface area (Å²) in [7, 11) is 0. The van der Waals surface area contributed by atoms with Crippen molar-refractivity contribution in [2.45, 2.75) is 13.8 Å². The number of carbonyl (C=O) groups is 1. The van der Waals surface area contributed by atoms with Crippen LogP contribution in [0, 0.1) is 13.8 Å². The number of benzene rings is 2. The summed E-state index contributed by atoms with van der Waals surface area (Å²) in [6.45, 7) is 11.1. The van der Waals surface area contributed by atoms with E-state index in [9.17, 15) is 4.79 Å². The molecule has 0 bridgehead atoms. The molecule has 2 heterocycles. The van der Waals surface area contributed by atoms with Crippen LogP contribution < -0.4 is 9.80 Å². The first kappa shape index (κ1) is 18.7. The van der Waals surface area contributed by atoms with Crippen molar-refractivity contribution >= 4 is 17.4 Å². The van der Waals surface area contributed by atoms with E-state index in [-0.39, 0.29) is 6.03 Å². The van der Waals surface area contributed by atoms with Gasteiger partial charge in [0.05, 0.1) is 0 Å². The predicted octanol–water partition coefficient (Wildman–Crippen LogP) is 3.37. The van der Waals surface area contributed by atoms with Crippen molar-refractivity contribution < 1.29 is 4.79 Å². The van der Waals surface area contributed by atoms with Crippen LogP contribution in [0.5, 0.6) is 0 Å². The van der Waals surface area contributed by atoms with Crippen LogP contribution in [0.25, 0.3) is 0 Å². The second kappa shape index (κ2) is 8.13. The molecule has 4 rings (SSSR count). The SMILES string of the molecule is Cc1cccc(N2CCN(C(=O)N3CCN(c4ccccc4)CC3)CC2)c1C. The number of para-hydroxylation sites is 1. The third kappa shape index (κ3) is 3.79. The third-order valence-corrected chi connectivity index (χ3v) is 6.14. The summed E-state index contributed by atoms with van der Waals surface area (Å²) >= 11 is 0. The molecule has 0 spiro atoms. The van der Waals surface area contributed by atoms with Crippen molar-refractivity contribution in [3.05, 3.63) is 59.7 Å². The van der Waals surface area contributed by atoms with Gasteiger partial charge in [-0.2, -0.15) is 0 Å². The smallest absolute Gasteiger partial charge is 0.320 e. The van der Waals surface area contributed by atoms with E-state index >= 15 is 0 Å². The zero-order chi connectivity index (χ0) is 19.5. The number of hydrogen-bond donors (Lipinski definition) is 0. The molecule has 0 radical (unpaired) electrons. The average Bonchev–Trinajstić information content (AvgIpc) is 2.76. The lowest BCUT2D eigenvalue weighted by atomic mass is 10.1. The van der Waals surface area contributed by atoms with Gasteiger partial charge in [-0.3, -0.25) is 0 Å². The number of amides is 2. The first-order valence-electron chi connectivity index (χ1n) is 10.3. The Morgan fingerprint density at radius 1 is 0.679 bits per heavy atom. The Bertz CT molecular complexity index is 807. The molecule has 148 valence electrons. The minimum atomic E-state index is 0.202. The molecule has 2 fully saturated rings. The average molecular weight is 379 g/mol. The molecule has 2 amide bonds. The van der Waals surface area contributed by atoms with Gasteiger partial charge in [0.1, 0.15) is 0 Å². The van der Waals surface area contributed by atoms with Crippen LogP contribution >= 0.6 is 0 Å². The second-order valence-electron chi connectivity index (χ2n) is 7.79. The molecule has 0 aliphatic carbocycles. The van der Waals surface area contributed by atoms with E-state index < -0.39 is 0 Å². The Kier molecular flexibility index (Phi) is 5.42. The van der Waals surface area contributed by atoms with Crippen molar-refractivity contribution in [2.24, 2.45) is 0 Å². The number of rotatable bonds is 2. The van der Waals surface area contributed by atoms with E-state index in [0.717, 1.165) is 52.4 Å². The lowest BCUT2D eigenvalue weighted by Crippen LogP contribution is -2.57. The third-order valence-electron chi connectivity index (χ3n) is 6.14. The summed E-state index contributed by atoms with van der Waals surface area (Å²) in [6.07, 6.45) is 0. The van der Waals surface area contributed by atoms with Crippen LogP contribution in [-0.2, 0) is 0 Å². The van der Waals surface area contributed by atoms with E-state index in [2.05, 4.69) is 66.1 Å². The fraction of sp³-hybridized carbons (Fsp3) is 0.435. The van der Waals surface area contributed by atoms with E-state index in [1.165, 1.54) is 22.5 Å². The predicted molar refractivity (Wildman–Crippen MR) is 115 cm³/mol. The zero-order valence-corrected chi connectivity index (χ0v) is 17.0. The molecule has 0 N–H and O–H groups in total. The van der Waals surface area contributed by atoms with E-state index in [1.54, 1.807) is 0 Å². The molecule has 0 saturated carbocycles. The number of anilines is 2. The summed E-state index contributed by atoms with van der Waals surface area (Å²) in [6, 6.07) is 17.2. The number of hydrogen-bond acceptors (Lipinski definition) is 3. The quantitative estimate of drug-likeness (QED) is 0.803. The Balaban J connectivity index is 1.30. The number of aryl methyl sites for hydroxylation is 1. The minimum Gasteiger partial charge on any atom is -0.368 e. The molecule has 0 aromatic heterocycles. The highest BCUT2D eigenvalue weighted by Gasteiger charge is 2.28. The fourth-order valence-corrected chi connectivity index (χ4v) is 4.21. The van der Waals surface area contributed by atoms with Crippen LogP contribution in [0.1, 0.15) is 11.1 Å². The summed E-state index contributed by atoms with van der Waals surface area (Å²) in [4.78, 5) is 21.8. The standard InChI is InChI=1S/C23H30N4O/c1-19-7-6-10-22(20(19)2)25-13-17-27(18-14-25)23(28)26-15-11-24(12-16-26)21-8-4-3-5-9-21/h3-10H,11-18H2,1-2H3. The summed E-state index contributed by atoms with van der Waals surface area (Å²) in [5.41, 5.74) is 5.23. The van der Waals surface area contributed by atoms with E-state index in [1.807, 2.05) is 15.9 Å². The molecular weight excluding hydrogens is 348 g/mol. The Labute approximate surface area is 168 Å². The van der Waals surface area contributed by atoms with Gasteiger partial charge < -0.3 is 19.6 Å². The zero-order valence-electron chi connectivity index (χ0n) is 17.0. The van der Waals surface area contributed by atoms with Crippen LogP contribution in [0.2, 0.25) is 0 Å². The van der Waals surface area contributed by atoms with Crippen LogP contribution in [0.4, 0.5) is 16.2 Å². The Morgan fingerprint density at radius 2 is 1.25 bits per heavy atom. The maximum Gasteiger partial charge on any atom is 0.320 e. The van der Waals surface area contributed by atoms with E-state index in [4.69, 9.17) is 0 Å². The van der Waals surface area contributed by atoms with Gasteiger partial charge in [0.25, 0.3) is 0 Å². The Hall–Kier alpha value is -2.69. The summed E-state index contributed by atoms with van der Waals surface area (Å²) in [5.74, 6) is 0. The topological polar surface area (TPSA) is 30.0 Å². The highest BCUT2D eigenvalue weighted by molar-refractivity contribution is 5.75. The molecule has 2 aliphatic heterocycles. The number of piperazine rings is 2. The van der Waals surface area contributed by atoms with Crippen LogP contribution in [0.15, 0.2) is 48.5 Å².